The number of nitrogens with two attached hydrogens (primary N) is 1. The molecule has 1 heterocycles. The smallest absolute Gasteiger partial charge is 0.260 e. The van der Waals surface area contributed by atoms with E-state index in [0.29, 0.717) is 5.02 Å². The molecule has 6 heteroatoms. The number of rotatable bonds is 4. The summed E-state index contributed by atoms with van der Waals surface area (Å²) in [5.41, 5.74) is 5.50. The summed E-state index contributed by atoms with van der Waals surface area (Å²) >= 11 is 5.88. The third kappa shape index (κ3) is 3.88. The first-order valence-corrected chi connectivity index (χ1v) is 7.38. The summed E-state index contributed by atoms with van der Waals surface area (Å²) in [6.07, 6.45) is 3.17. The third-order valence-electron chi connectivity index (χ3n) is 3.68. The Hall–Kier alpha value is -1.75. The van der Waals surface area contributed by atoms with Crippen LogP contribution in [0.4, 0.5) is 0 Å². The Labute approximate surface area is 129 Å². The average molecular weight is 311 g/mol. The standard InChI is InChI=1S/C15H19ClN2O3/c1-10-4-2-3-7-18(10)14(19)9-21-13-8-11(16)5-6-12(13)15(17)20/h5-6,8,10H,2-4,7,9H2,1H3,(H2,17,20). The highest BCUT2D eigenvalue weighted by atomic mass is 35.5. The van der Waals surface area contributed by atoms with Crippen molar-refractivity contribution < 1.29 is 14.3 Å². The van der Waals surface area contributed by atoms with Crippen molar-refractivity contribution in [3.63, 3.8) is 0 Å². The number of primary amides is 1. The monoisotopic (exact) mass is 310 g/mol. The number of carbonyl (C=O) groups is 2. The highest BCUT2D eigenvalue weighted by Gasteiger charge is 2.23. The van der Waals surface area contributed by atoms with Crippen molar-refractivity contribution in [2.24, 2.45) is 5.73 Å². The van der Waals surface area contributed by atoms with Gasteiger partial charge in [0.1, 0.15) is 5.75 Å². The molecule has 2 N–H and O–H groups in total. The number of benzene rings is 1. The van der Waals surface area contributed by atoms with Crippen molar-refractivity contribution in [2.75, 3.05) is 13.2 Å². The van der Waals surface area contributed by atoms with Crippen LogP contribution in [-0.4, -0.2) is 35.9 Å². The molecule has 0 bridgehead atoms. The molecular formula is C15H19ClN2O3. The number of hydrogen-bond donors (Lipinski definition) is 1. The van der Waals surface area contributed by atoms with Gasteiger partial charge >= 0.3 is 0 Å². The maximum atomic E-state index is 12.2. The van der Waals surface area contributed by atoms with Gasteiger partial charge in [-0.15, -0.1) is 0 Å². The number of piperidine rings is 1. The van der Waals surface area contributed by atoms with E-state index < -0.39 is 5.91 Å². The van der Waals surface area contributed by atoms with E-state index in [4.69, 9.17) is 22.1 Å². The molecule has 2 amide bonds. The number of nitrogens with zero attached hydrogens (tertiary/aromatic N) is 1. The Bertz CT molecular complexity index is 548. The Kier molecular flexibility index (Phi) is 5.07. The summed E-state index contributed by atoms with van der Waals surface area (Å²) in [5.74, 6) is -0.453. The molecule has 114 valence electrons. The normalized spacial score (nSPS) is 18.4. The van der Waals surface area contributed by atoms with Gasteiger partial charge in [-0.25, -0.2) is 0 Å². The SMILES string of the molecule is CC1CCCCN1C(=O)COc1cc(Cl)ccc1C(N)=O. The van der Waals surface area contributed by atoms with Gasteiger partial charge in [-0.05, 0) is 44.4 Å². The fraction of sp³-hybridized carbons (Fsp3) is 0.467. The zero-order chi connectivity index (χ0) is 15.4. The topological polar surface area (TPSA) is 72.6 Å². The lowest BCUT2D eigenvalue weighted by Crippen LogP contribution is -2.44. The molecule has 1 saturated heterocycles. The molecule has 1 fully saturated rings. The number of ether oxygens (including phenoxy) is 1. The Morgan fingerprint density at radius 2 is 2.19 bits per heavy atom. The molecule has 1 aliphatic rings. The van der Waals surface area contributed by atoms with Gasteiger partial charge in [-0.1, -0.05) is 11.6 Å². The van der Waals surface area contributed by atoms with E-state index in [1.165, 1.54) is 12.1 Å². The molecule has 5 nitrogen and oxygen atoms in total. The summed E-state index contributed by atoms with van der Waals surface area (Å²) in [4.78, 5) is 25.4. The molecule has 0 radical (unpaired) electrons. The first-order chi connectivity index (χ1) is 9.99. The van der Waals surface area contributed by atoms with Gasteiger partial charge in [0, 0.05) is 17.6 Å². The van der Waals surface area contributed by atoms with Crippen LogP contribution < -0.4 is 10.5 Å². The minimum absolute atomic E-state index is 0.0856. The fourth-order valence-electron chi connectivity index (χ4n) is 2.51. The van der Waals surface area contributed by atoms with Crippen LogP contribution in [0.25, 0.3) is 0 Å². The van der Waals surface area contributed by atoms with Crippen molar-refractivity contribution >= 4 is 23.4 Å². The first-order valence-electron chi connectivity index (χ1n) is 7.00. The molecule has 0 spiro atoms. The second-order valence-corrected chi connectivity index (χ2v) is 5.66. The Balaban J connectivity index is 2.04. The van der Waals surface area contributed by atoms with E-state index in [2.05, 4.69) is 0 Å². The van der Waals surface area contributed by atoms with Crippen molar-refractivity contribution in [1.82, 2.24) is 4.90 Å². The molecule has 2 rings (SSSR count). The molecule has 1 aromatic rings. The molecule has 0 saturated carbocycles. The van der Waals surface area contributed by atoms with E-state index in [-0.39, 0.29) is 29.9 Å². The summed E-state index contributed by atoms with van der Waals surface area (Å²) in [6, 6.07) is 4.77. The van der Waals surface area contributed by atoms with E-state index in [0.717, 1.165) is 25.8 Å². The van der Waals surface area contributed by atoms with Crippen molar-refractivity contribution in [2.45, 2.75) is 32.2 Å². The molecule has 0 aliphatic carbocycles. The van der Waals surface area contributed by atoms with Gasteiger partial charge in [0.05, 0.1) is 5.56 Å². The lowest BCUT2D eigenvalue weighted by atomic mass is 10.0. The molecule has 0 aromatic heterocycles. The minimum Gasteiger partial charge on any atom is -0.483 e. The Morgan fingerprint density at radius 3 is 2.86 bits per heavy atom. The summed E-state index contributed by atoms with van der Waals surface area (Å²) in [5, 5.41) is 0.425. The van der Waals surface area contributed by atoms with Crippen LogP contribution in [0.5, 0.6) is 5.75 Å². The zero-order valence-corrected chi connectivity index (χ0v) is 12.7. The quantitative estimate of drug-likeness (QED) is 0.926. The highest BCUT2D eigenvalue weighted by Crippen LogP contribution is 2.23. The predicted octanol–water partition coefficient (Wildman–Crippen LogP) is 2.22. The number of halogens is 1. The van der Waals surface area contributed by atoms with Gasteiger partial charge in [-0.2, -0.15) is 0 Å². The van der Waals surface area contributed by atoms with Gasteiger partial charge in [-0.3, -0.25) is 9.59 Å². The first kappa shape index (κ1) is 15.6. The number of amides is 2. The van der Waals surface area contributed by atoms with Crippen molar-refractivity contribution in [1.29, 1.82) is 0 Å². The largest absolute Gasteiger partial charge is 0.483 e. The van der Waals surface area contributed by atoms with Gasteiger partial charge in [0.2, 0.25) is 0 Å². The van der Waals surface area contributed by atoms with E-state index >= 15 is 0 Å². The molecule has 1 atom stereocenters. The summed E-state index contributed by atoms with van der Waals surface area (Å²) in [6.45, 7) is 2.66. The van der Waals surface area contributed by atoms with E-state index in [1.54, 1.807) is 6.07 Å². The van der Waals surface area contributed by atoms with E-state index in [9.17, 15) is 9.59 Å². The predicted molar refractivity (Wildman–Crippen MR) is 80.5 cm³/mol. The van der Waals surface area contributed by atoms with Crippen LogP contribution in [0.1, 0.15) is 36.5 Å². The van der Waals surface area contributed by atoms with Crippen LogP contribution in [0.15, 0.2) is 18.2 Å². The number of carbonyl (C=O) groups excluding carboxylic acids is 2. The fourth-order valence-corrected chi connectivity index (χ4v) is 2.67. The molecule has 1 aliphatic heterocycles. The maximum Gasteiger partial charge on any atom is 0.260 e. The average Bonchev–Trinajstić information content (AvgIpc) is 2.45. The molecule has 1 aromatic carbocycles. The molecular weight excluding hydrogens is 292 g/mol. The molecule has 1 unspecified atom stereocenters. The zero-order valence-electron chi connectivity index (χ0n) is 12.0. The van der Waals surface area contributed by atoms with Gasteiger partial charge < -0.3 is 15.4 Å². The maximum absolute atomic E-state index is 12.2. The second-order valence-electron chi connectivity index (χ2n) is 5.23. The Morgan fingerprint density at radius 1 is 1.43 bits per heavy atom. The van der Waals surface area contributed by atoms with Crippen LogP contribution in [0.3, 0.4) is 0 Å². The summed E-state index contributed by atoms with van der Waals surface area (Å²) in [7, 11) is 0. The minimum atomic E-state index is -0.611. The molecule has 21 heavy (non-hydrogen) atoms. The van der Waals surface area contributed by atoms with Gasteiger partial charge in [0.25, 0.3) is 11.8 Å². The van der Waals surface area contributed by atoms with Gasteiger partial charge in [0.15, 0.2) is 6.61 Å². The third-order valence-corrected chi connectivity index (χ3v) is 3.92. The number of hydrogen-bond acceptors (Lipinski definition) is 3. The van der Waals surface area contributed by atoms with Crippen molar-refractivity contribution in [3.8, 4) is 5.75 Å². The lowest BCUT2D eigenvalue weighted by molar-refractivity contribution is -0.136. The summed E-state index contributed by atoms with van der Waals surface area (Å²) < 4.78 is 5.47. The van der Waals surface area contributed by atoms with Crippen LogP contribution in [0.2, 0.25) is 5.02 Å². The van der Waals surface area contributed by atoms with E-state index in [1.807, 2.05) is 11.8 Å². The van der Waals surface area contributed by atoms with Crippen LogP contribution in [-0.2, 0) is 4.79 Å². The van der Waals surface area contributed by atoms with Crippen LogP contribution in [0, 0.1) is 0 Å². The lowest BCUT2D eigenvalue weighted by Gasteiger charge is -2.33. The second kappa shape index (κ2) is 6.80. The van der Waals surface area contributed by atoms with Crippen LogP contribution >= 0.6 is 11.6 Å². The highest BCUT2D eigenvalue weighted by molar-refractivity contribution is 6.30. The van der Waals surface area contributed by atoms with Crippen molar-refractivity contribution in [3.05, 3.63) is 28.8 Å². The number of likely N-dealkylation sites (tertiary alicyclic amines) is 1.